The summed E-state index contributed by atoms with van der Waals surface area (Å²) >= 11 is 1.36. The van der Waals surface area contributed by atoms with Gasteiger partial charge in [-0.15, -0.1) is 11.3 Å². The molecule has 152 valence electrons. The van der Waals surface area contributed by atoms with E-state index in [9.17, 15) is 4.79 Å². The number of fused-ring (bicyclic) bond motifs is 2. The van der Waals surface area contributed by atoms with Crippen molar-refractivity contribution in [2.24, 2.45) is 0 Å². The van der Waals surface area contributed by atoms with E-state index in [1.165, 1.54) is 17.4 Å². The van der Waals surface area contributed by atoms with E-state index in [0.717, 1.165) is 34.7 Å². The minimum absolute atomic E-state index is 0.229. The molecular weight excluding hydrogens is 404 g/mol. The fourth-order valence-corrected chi connectivity index (χ4v) is 3.84. The van der Waals surface area contributed by atoms with Crippen molar-refractivity contribution in [3.63, 3.8) is 0 Å². The third-order valence-electron chi connectivity index (χ3n) is 4.60. The van der Waals surface area contributed by atoms with Crippen molar-refractivity contribution in [1.82, 2.24) is 4.98 Å². The normalized spacial score (nSPS) is 14.5. The number of amides is 1. The highest BCUT2D eigenvalue weighted by molar-refractivity contribution is 7.14. The standard InChI is InChI=1S/C22H18N2O5S/c25-21(7-3-14-2-5-17-19(10-14)27-9-1-8-26-17)24-22-23-16(12-30-22)15-4-6-18-20(11-15)29-13-28-18/h2-7,10-12H,1,8-9,13H2,(H,23,24,25)/b7-3+. The van der Waals surface area contributed by atoms with Crippen molar-refractivity contribution >= 4 is 28.5 Å². The Morgan fingerprint density at radius 2 is 1.73 bits per heavy atom. The van der Waals surface area contributed by atoms with E-state index in [-0.39, 0.29) is 12.7 Å². The summed E-state index contributed by atoms with van der Waals surface area (Å²) < 4.78 is 22.0. The molecule has 0 aliphatic carbocycles. The summed E-state index contributed by atoms with van der Waals surface area (Å²) in [6, 6.07) is 11.3. The van der Waals surface area contributed by atoms with Gasteiger partial charge >= 0.3 is 0 Å². The van der Waals surface area contributed by atoms with Crippen LogP contribution in [0.2, 0.25) is 0 Å². The van der Waals surface area contributed by atoms with Gasteiger partial charge in [-0.25, -0.2) is 4.98 Å². The van der Waals surface area contributed by atoms with Crippen molar-refractivity contribution in [2.75, 3.05) is 25.3 Å². The van der Waals surface area contributed by atoms with Gasteiger partial charge in [-0.3, -0.25) is 10.1 Å². The van der Waals surface area contributed by atoms with Gasteiger partial charge in [-0.2, -0.15) is 0 Å². The van der Waals surface area contributed by atoms with Crippen LogP contribution in [0, 0.1) is 0 Å². The van der Waals surface area contributed by atoms with Crippen molar-refractivity contribution < 1.29 is 23.7 Å². The molecule has 2 aromatic carbocycles. The van der Waals surface area contributed by atoms with Gasteiger partial charge in [0.15, 0.2) is 28.1 Å². The first kappa shape index (κ1) is 18.5. The lowest BCUT2D eigenvalue weighted by atomic mass is 10.1. The zero-order chi connectivity index (χ0) is 20.3. The average molecular weight is 422 g/mol. The van der Waals surface area contributed by atoms with Crippen LogP contribution in [-0.2, 0) is 4.79 Å². The summed E-state index contributed by atoms with van der Waals surface area (Å²) in [5, 5.41) is 5.21. The molecular formula is C22H18N2O5S. The van der Waals surface area contributed by atoms with E-state index in [1.54, 1.807) is 6.08 Å². The molecule has 1 N–H and O–H groups in total. The number of benzene rings is 2. The minimum atomic E-state index is -0.256. The number of nitrogens with zero attached hydrogens (tertiary/aromatic N) is 1. The molecule has 2 aliphatic rings. The molecule has 30 heavy (non-hydrogen) atoms. The molecule has 0 fully saturated rings. The molecule has 5 rings (SSSR count). The highest BCUT2D eigenvalue weighted by Crippen LogP contribution is 2.36. The maximum Gasteiger partial charge on any atom is 0.250 e. The number of aromatic nitrogens is 1. The Hall–Kier alpha value is -3.52. The van der Waals surface area contributed by atoms with Crippen molar-refractivity contribution in [3.05, 3.63) is 53.4 Å². The molecule has 1 amide bonds. The third-order valence-corrected chi connectivity index (χ3v) is 5.36. The van der Waals surface area contributed by atoms with Crippen LogP contribution < -0.4 is 24.3 Å². The highest BCUT2D eigenvalue weighted by atomic mass is 32.1. The van der Waals surface area contributed by atoms with Crippen LogP contribution in [-0.4, -0.2) is 30.9 Å². The van der Waals surface area contributed by atoms with E-state index in [1.807, 2.05) is 41.8 Å². The number of ether oxygens (including phenoxy) is 4. The monoisotopic (exact) mass is 422 g/mol. The number of hydrogen-bond donors (Lipinski definition) is 1. The molecule has 1 aromatic heterocycles. The fraction of sp³-hybridized carbons (Fsp3) is 0.182. The van der Waals surface area contributed by atoms with Crippen molar-refractivity contribution in [1.29, 1.82) is 0 Å². The van der Waals surface area contributed by atoms with Crippen molar-refractivity contribution in [3.8, 4) is 34.3 Å². The van der Waals surface area contributed by atoms with E-state index in [0.29, 0.717) is 29.8 Å². The molecule has 3 heterocycles. The predicted octanol–water partition coefficient (Wildman–Crippen LogP) is 4.35. The van der Waals surface area contributed by atoms with Crippen LogP contribution in [0.3, 0.4) is 0 Å². The number of thiazole rings is 1. The summed E-state index contributed by atoms with van der Waals surface area (Å²) in [5.41, 5.74) is 2.52. The lowest BCUT2D eigenvalue weighted by molar-refractivity contribution is -0.111. The van der Waals surface area contributed by atoms with Gasteiger partial charge in [0.05, 0.1) is 18.9 Å². The highest BCUT2D eigenvalue weighted by Gasteiger charge is 2.15. The Kier molecular flexibility index (Phi) is 4.98. The molecule has 2 aliphatic heterocycles. The first-order valence-electron chi connectivity index (χ1n) is 9.49. The van der Waals surface area contributed by atoms with Crippen LogP contribution in [0.1, 0.15) is 12.0 Å². The number of hydrogen-bond acceptors (Lipinski definition) is 7. The summed E-state index contributed by atoms with van der Waals surface area (Å²) in [5.74, 6) is 2.59. The van der Waals surface area contributed by atoms with Gasteiger partial charge in [0, 0.05) is 23.4 Å². The number of rotatable bonds is 4. The number of carbonyl (C=O) groups is 1. The maximum absolute atomic E-state index is 12.3. The van der Waals surface area contributed by atoms with Gasteiger partial charge in [-0.1, -0.05) is 6.07 Å². The molecule has 3 aromatic rings. The van der Waals surface area contributed by atoms with E-state index in [4.69, 9.17) is 18.9 Å². The summed E-state index contributed by atoms with van der Waals surface area (Å²) in [6.07, 6.45) is 4.06. The summed E-state index contributed by atoms with van der Waals surface area (Å²) in [6.45, 7) is 1.50. The first-order chi connectivity index (χ1) is 14.7. The lowest BCUT2D eigenvalue weighted by Gasteiger charge is -2.07. The quantitative estimate of drug-likeness (QED) is 0.630. The number of anilines is 1. The second kappa shape index (κ2) is 8.08. The smallest absolute Gasteiger partial charge is 0.250 e. The fourth-order valence-electron chi connectivity index (χ4n) is 3.12. The minimum Gasteiger partial charge on any atom is -0.490 e. The molecule has 0 saturated carbocycles. The molecule has 0 spiro atoms. The molecule has 0 bridgehead atoms. The topological polar surface area (TPSA) is 78.9 Å². The second-order valence-electron chi connectivity index (χ2n) is 6.69. The second-order valence-corrected chi connectivity index (χ2v) is 7.54. The molecule has 0 saturated heterocycles. The molecule has 0 unspecified atom stereocenters. The van der Waals surface area contributed by atoms with E-state index >= 15 is 0 Å². The predicted molar refractivity (Wildman–Crippen MR) is 113 cm³/mol. The summed E-state index contributed by atoms with van der Waals surface area (Å²) in [7, 11) is 0. The average Bonchev–Trinajstić information content (AvgIpc) is 3.35. The van der Waals surface area contributed by atoms with Crippen LogP contribution in [0.15, 0.2) is 47.9 Å². The van der Waals surface area contributed by atoms with Gasteiger partial charge in [0.2, 0.25) is 12.7 Å². The Morgan fingerprint density at radius 3 is 2.67 bits per heavy atom. The van der Waals surface area contributed by atoms with E-state index < -0.39 is 0 Å². The lowest BCUT2D eigenvalue weighted by Crippen LogP contribution is -2.07. The van der Waals surface area contributed by atoms with E-state index in [2.05, 4.69) is 10.3 Å². The Labute approximate surface area is 176 Å². The number of nitrogens with one attached hydrogen (secondary N) is 1. The number of carbonyl (C=O) groups excluding carboxylic acids is 1. The molecule has 0 radical (unpaired) electrons. The van der Waals surface area contributed by atoms with Crippen molar-refractivity contribution in [2.45, 2.75) is 6.42 Å². The largest absolute Gasteiger partial charge is 0.490 e. The Morgan fingerprint density at radius 1 is 0.967 bits per heavy atom. The molecule has 8 heteroatoms. The van der Waals surface area contributed by atoms with Crippen LogP contribution >= 0.6 is 11.3 Å². The first-order valence-corrected chi connectivity index (χ1v) is 10.4. The third kappa shape index (κ3) is 3.95. The van der Waals surface area contributed by atoms with Gasteiger partial charge in [0.1, 0.15) is 0 Å². The molecule has 0 atom stereocenters. The van der Waals surface area contributed by atoms with Crippen LogP contribution in [0.4, 0.5) is 5.13 Å². The zero-order valence-electron chi connectivity index (χ0n) is 15.9. The Balaban J connectivity index is 1.24. The van der Waals surface area contributed by atoms with Crippen LogP contribution in [0.5, 0.6) is 23.0 Å². The van der Waals surface area contributed by atoms with Gasteiger partial charge in [-0.05, 0) is 42.0 Å². The SMILES string of the molecule is O=C(/C=C/c1ccc2c(c1)OCCCO2)Nc1nc(-c2ccc3c(c2)OCO3)cs1. The zero-order valence-corrected chi connectivity index (χ0v) is 16.7. The van der Waals surface area contributed by atoms with Gasteiger partial charge in [0.25, 0.3) is 0 Å². The van der Waals surface area contributed by atoms with Crippen LogP contribution in [0.25, 0.3) is 17.3 Å². The molecule has 7 nitrogen and oxygen atoms in total. The summed E-state index contributed by atoms with van der Waals surface area (Å²) in [4.78, 5) is 16.8. The Bertz CT molecular complexity index is 1120. The maximum atomic E-state index is 12.3. The van der Waals surface area contributed by atoms with Gasteiger partial charge < -0.3 is 18.9 Å².